The molecule has 4 rings (SSSR count). The summed E-state index contributed by atoms with van der Waals surface area (Å²) in [4.78, 5) is 26.4. The molecule has 0 aliphatic carbocycles. The van der Waals surface area contributed by atoms with Gasteiger partial charge in [-0.05, 0) is 49.2 Å². The first kappa shape index (κ1) is 28.3. The molecule has 2 heterocycles. The zero-order valence-corrected chi connectivity index (χ0v) is 22.2. The van der Waals surface area contributed by atoms with Crippen molar-refractivity contribution in [1.82, 2.24) is 0 Å². The Morgan fingerprint density at radius 1 is 0.868 bits per heavy atom. The normalized spacial score (nSPS) is 23.3. The highest BCUT2D eigenvalue weighted by molar-refractivity contribution is 7.92. The first-order valence-corrected chi connectivity index (χ1v) is 14.1. The van der Waals surface area contributed by atoms with E-state index in [9.17, 15) is 26.4 Å². The number of benzene rings is 2. The van der Waals surface area contributed by atoms with Crippen LogP contribution in [0.3, 0.4) is 0 Å². The summed E-state index contributed by atoms with van der Waals surface area (Å²) < 4.78 is 52.7. The number of rotatable bonds is 2. The zero-order chi connectivity index (χ0) is 28.7. The molecular formula is C24H23N5O7S2. The second kappa shape index (κ2) is 9.55. The topological polar surface area (TPSA) is 224 Å². The van der Waals surface area contributed by atoms with E-state index < -0.39 is 48.3 Å². The summed E-state index contributed by atoms with van der Waals surface area (Å²) in [5.74, 6) is -2.28. The molecule has 14 heteroatoms. The summed E-state index contributed by atoms with van der Waals surface area (Å²) in [6, 6.07) is 12.4. The van der Waals surface area contributed by atoms with Crippen LogP contribution in [0.15, 0.2) is 51.2 Å². The van der Waals surface area contributed by atoms with Crippen LogP contribution in [0.25, 0.3) is 0 Å². The number of aliphatic imine (C=N–C) groups is 1. The number of ether oxygens (including phenoxy) is 1. The number of nitrogens with two attached hydrogens (primary N) is 2. The Hall–Kier alpha value is -4.27. The zero-order valence-electron chi connectivity index (χ0n) is 20.5. The number of guanidine groups is 1. The largest absolute Gasteiger partial charge is 0.465 e. The summed E-state index contributed by atoms with van der Waals surface area (Å²) in [6.45, 7) is 3.13. The summed E-state index contributed by atoms with van der Waals surface area (Å²) >= 11 is 0. The van der Waals surface area contributed by atoms with E-state index in [0.717, 1.165) is 0 Å². The van der Waals surface area contributed by atoms with Crippen molar-refractivity contribution in [3.63, 3.8) is 0 Å². The third-order valence-electron chi connectivity index (χ3n) is 6.17. The smallest absolute Gasteiger partial charge is 0.337 e. The number of esters is 1. The predicted molar refractivity (Wildman–Crippen MR) is 134 cm³/mol. The first-order chi connectivity index (χ1) is 17.5. The Morgan fingerprint density at radius 2 is 1.29 bits per heavy atom. The van der Waals surface area contributed by atoms with E-state index in [2.05, 4.69) is 9.73 Å². The monoisotopic (exact) mass is 557 g/mol. The van der Waals surface area contributed by atoms with Crippen LogP contribution < -0.4 is 11.5 Å². The number of hydrogen-bond donors (Lipinski definition) is 2. The lowest BCUT2D eigenvalue weighted by Gasteiger charge is -2.13. The third-order valence-corrected chi connectivity index (χ3v) is 10.1. The summed E-state index contributed by atoms with van der Waals surface area (Å²) in [5, 5.41) is 18.3. The Labute approximate surface area is 219 Å². The van der Waals surface area contributed by atoms with E-state index in [0.29, 0.717) is 11.1 Å². The van der Waals surface area contributed by atoms with E-state index in [-0.39, 0.29) is 32.4 Å². The highest BCUT2D eigenvalue weighted by atomic mass is 32.2. The number of nitrogens with zero attached hydrogens (tertiary/aromatic N) is 3. The fraction of sp³-hybridized carbons (Fsp3) is 0.292. The molecule has 1 amide bonds. The van der Waals surface area contributed by atoms with Crippen LogP contribution >= 0.6 is 0 Å². The lowest BCUT2D eigenvalue weighted by Crippen LogP contribution is -2.24. The fourth-order valence-corrected chi connectivity index (χ4v) is 8.43. The van der Waals surface area contributed by atoms with Crippen LogP contribution in [0.2, 0.25) is 0 Å². The van der Waals surface area contributed by atoms with Gasteiger partial charge in [0.2, 0.25) is 0 Å². The molecule has 2 aliphatic rings. The first-order valence-electron chi connectivity index (χ1n) is 10.8. The molecule has 38 heavy (non-hydrogen) atoms. The minimum absolute atomic E-state index is 0.0156. The van der Waals surface area contributed by atoms with E-state index >= 15 is 0 Å². The van der Waals surface area contributed by atoms with Gasteiger partial charge in [0.25, 0.3) is 5.91 Å². The molecule has 0 spiro atoms. The van der Waals surface area contributed by atoms with Gasteiger partial charge in [-0.1, -0.05) is 12.1 Å². The molecule has 12 nitrogen and oxygen atoms in total. The second-order valence-corrected chi connectivity index (χ2v) is 13.1. The quantitative estimate of drug-likeness (QED) is 0.297. The second-order valence-electron chi connectivity index (χ2n) is 9.16. The van der Waals surface area contributed by atoms with Crippen molar-refractivity contribution in [3.8, 4) is 12.1 Å². The maximum atomic E-state index is 12.1. The third kappa shape index (κ3) is 4.96. The highest BCUT2D eigenvalue weighted by Crippen LogP contribution is 2.40. The number of hydrogen-bond acceptors (Lipinski definition) is 9. The van der Waals surface area contributed by atoms with Crippen LogP contribution in [-0.2, 0) is 35.2 Å². The number of amides is 1. The molecule has 198 valence electrons. The number of nitriles is 2. The maximum absolute atomic E-state index is 12.1. The van der Waals surface area contributed by atoms with Crippen molar-refractivity contribution >= 4 is 37.5 Å². The average Bonchev–Trinajstić information content (AvgIpc) is 3.20. The molecule has 0 bridgehead atoms. The summed E-state index contributed by atoms with van der Waals surface area (Å²) in [6.07, 6.45) is 0. The van der Waals surface area contributed by atoms with Crippen molar-refractivity contribution < 1.29 is 31.2 Å². The van der Waals surface area contributed by atoms with Gasteiger partial charge < -0.3 is 16.2 Å². The van der Waals surface area contributed by atoms with Gasteiger partial charge in [0, 0.05) is 5.56 Å². The van der Waals surface area contributed by atoms with Crippen LogP contribution in [0.1, 0.15) is 45.7 Å². The Morgan fingerprint density at radius 3 is 1.68 bits per heavy atom. The number of methoxy groups -OCH3 is 1. The van der Waals surface area contributed by atoms with E-state index in [1.807, 2.05) is 12.1 Å². The minimum Gasteiger partial charge on any atom is -0.465 e. The molecule has 2 atom stereocenters. The summed E-state index contributed by atoms with van der Waals surface area (Å²) in [5.41, 5.74) is 9.12. The molecule has 0 saturated heterocycles. The van der Waals surface area contributed by atoms with Crippen molar-refractivity contribution in [3.05, 3.63) is 58.7 Å². The fourth-order valence-electron chi connectivity index (χ4n) is 4.29. The van der Waals surface area contributed by atoms with E-state index in [4.69, 9.17) is 22.0 Å². The van der Waals surface area contributed by atoms with E-state index in [1.54, 1.807) is 13.8 Å². The molecular weight excluding hydrogens is 534 g/mol. The standard InChI is InChI=1S/C12H12N4O3S.C12H11NO4S/c1-12(5-13)6-20(18,19)9-4-7(2-3-8(9)12)10(17)16-11(14)15;1-12(6-13)7-18(15,16)10-5-8(11(14)17-2)3-4-9(10)12/h2-4H,6H2,1H3,(H4,14,15,16,17);3-5H,7H2,1-2H3. The molecule has 2 aromatic carbocycles. The minimum atomic E-state index is -3.60. The van der Waals surface area contributed by atoms with Gasteiger partial charge in [-0.25, -0.2) is 21.6 Å². The molecule has 2 unspecified atom stereocenters. The van der Waals surface area contributed by atoms with Gasteiger partial charge in [-0.2, -0.15) is 15.5 Å². The predicted octanol–water partition coefficient (Wildman–Crippen LogP) is 0.711. The lowest BCUT2D eigenvalue weighted by atomic mass is 9.86. The van der Waals surface area contributed by atoms with Crippen LogP contribution in [0.4, 0.5) is 0 Å². The number of fused-ring (bicyclic) bond motifs is 2. The SMILES string of the molecule is CC1(C#N)CS(=O)(=O)c2cc(C(=O)N=C(N)N)ccc21.COC(=O)c1ccc2c(c1)S(=O)(=O)CC2(C)C#N. The van der Waals surface area contributed by atoms with Gasteiger partial charge in [-0.15, -0.1) is 0 Å². The molecule has 0 radical (unpaired) electrons. The van der Waals surface area contributed by atoms with Crippen LogP contribution in [-0.4, -0.2) is 53.3 Å². The molecule has 2 aromatic rings. The highest BCUT2D eigenvalue weighted by Gasteiger charge is 2.45. The van der Waals surface area contributed by atoms with Crippen LogP contribution in [0.5, 0.6) is 0 Å². The number of sulfone groups is 2. The maximum Gasteiger partial charge on any atom is 0.337 e. The van der Waals surface area contributed by atoms with Gasteiger partial charge in [0.05, 0.1) is 56.9 Å². The van der Waals surface area contributed by atoms with Gasteiger partial charge in [0.1, 0.15) is 0 Å². The van der Waals surface area contributed by atoms with Crippen molar-refractivity contribution in [1.29, 1.82) is 10.5 Å². The molecule has 0 fully saturated rings. The van der Waals surface area contributed by atoms with Crippen molar-refractivity contribution in [2.75, 3.05) is 18.6 Å². The van der Waals surface area contributed by atoms with Gasteiger partial charge >= 0.3 is 5.97 Å². The number of carbonyl (C=O) groups excluding carboxylic acids is 2. The summed E-state index contributed by atoms with van der Waals surface area (Å²) in [7, 11) is -5.89. The molecule has 2 aliphatic heterocycles. The van der Waals surface area contributed by atoms with Gasteiger partial charge in [-0.3, -0.25) is 4.79 Å². The Bertz CT molecular complexity index is 1700. The molecule has 4 N–H and O–H groups in total. The van der Waals surface area contributed by atoms with Crippen LogP contribution in [0, 0.1) is 22.7 Å². The number of carbonyl (C=O) groups is 2. The molecule has 0 aromatic heterocycles. The van der Waals surface area contributed by atoms with Crippen molar-refractivity contribution in [2.45, 2.75) is 34.5 Å². The lowest BCUT2D eigenvalue weighted by molar-refractivity contribution is 0.0600. The average molecular weight is 558 g/mol. The van der Waals surface area contributed by atoms with E-state index in [1.165, 1.54) is 43.5 Å². The molecule has 0 saturated carbocycles. The Balaban J connectivity index is 0.000000212. The Kier molecular flexibility index (Phi) is 7.12. The van der Waals surface area contributed by atoms with Gasteiger partial charge in [0.15, 0.2) is 25.6 Å². The van der Waals surface area contributed by atoms with Crippen molar-refractivity contribution in [2.24, 2.45) is 16.5 Å².